The molecule has 0 radical (unpaired) electrons. The van der Waals surface area contributed by atoms with Gasteiger partial charge >= 0.3 is 0 Å². The molecule has 0 saturated heterocycles. The van der Waals surface area contributed by atoms with Gasteiger partial charge in [-0.15, -0.1) is 39.5 Å². The van der Waals surface area contributed by atoms with Gasteiger partial charge in [0, 0.05) is 0 Å². The van der Waals surface area contributed by atoms with Crippen LogP contribution in [0.25, 0.3) is 0 Å². The molecule has 0 aliphatic heterocycles. The molecule has 1 unspecified atom stereocenters. The van der Waals surface area contributed by atoms with Crippen LogP contribution < -0.4 is 0 Å². The lowest BCUT2D eigenvalue weighted by Crippen LogP contribution is -2.38. The monoisotopic (exact) mass is 318 g/mol. The molecule has 23 heavy (non-hydrogen) atoms. The van der Waals surface area contributed by atoms with Crippen molar-refractivity contribution in [3.8, 4) is 0 Å². The van der Waals surface area contributed by atoms with Gasteiger partial charge in [-0.2, -0.15) is 0 Å². The zero-order valence-corrected chi connectivity index (χ0v) is 14.1. The summed E-state index contributed by atoms with van der Waals surface area (Å²) >= 11 is 0. The van der Waals surface area contributed by atoms with Gasteiger partial charge in [0.1, 0.15) is 12.2 Å². The second kappa shape index (κ2) is 13.9. The Morgan fingerprint density at radius 2 is 1.00 bits per heavy atom. The summed E-state index contributed by atoms with van der Waals surface area (Å²) < 4.78 is 17.6. The summed E-state index contributed by atoms with van der Waals surface area (Å²) in [7, 11) is 0. The Kier molecular flexibility index (Phi) is 12.9. The molecular formula is C20H30O3. The standard InChI is InChI=1S/C20H30O3/c1-7-13-19(21-15-9-3)17(11-5)23-18(12-6)20(14-8-2)22-16-10-4/h7-12,17-20H,1-6,13-16H2/t17-,18?,19+,20+/m1/s1. The van der Waals surface area contributed by atoms with E-state index in [1.807, 2.05) is 0 Å². The van der Waals surface area contributed by atoms with E-state index in [1.54, 1.807) is 36.5 Å². The Hall–Kier alpha value is -1.68. The predicted octanol–water partition coefficient (Wildman–Crippen LogP) is 4.41. The summed E-state index contributed by atoms with van der Waals surface area (Å²) in [6, 6.07) is 0. The van der Waals surface area contributed by atoms with Crippen molar-refractivity contribution in [2.45, 2.75) is 37.3 Å². The molecule has 128 valence electrons. The minimum absolute atomic E-state index is 0.186. The van der Waals surface area contributed by atoms with Gasteiger partial charge in [0.05, 0.1) is 25.4 Å². The van der Waals surface area contributed by atoms with Crippen molar-refractivity contribution in [2.24, 2.45) is 0 Å². The highest BCUT2D eigenvalue weighted by molar-refractivity contribution is 4.97. The fraction of sp³-hybridized carbons (Fsp3) is 0.400. The highest BCUT2D eigenvalue weighted by atomic mass is 16.6. The van der Waals surface area contributed by atoms with E-state index in [-0.39, 0.29) is 24.4 Å². The highest BCUT2D eigenvalue weighted by Gasteiger charge is 2.26. The topological polar surface area (TPSA) is 27.7 Å². The molecule has 0 amide bonds. The van der Waals surface area contributed by atoms with Crippen LogP contribution in [0.4, 0.5) is 0 Å². The molecule has 0 fully saturated rings. The minimum atomic E-state index is -0.310. The second-order valence-corrected chi connectivity index (χ2v) is 4.91. The zero-order valence-electron chi connectivity index (χ0n) is 14.1. The van der Waals surface area contributed by atoms with Crippen LogP contribution in [-0.2, 0) is 14.2 Å². The van der Waals surface area contributed by atoms with Crippen LogP contribution in [-0.4, -0.2) is 37.6 Å². The van der Waals surface area contributed by atoms with Crippen LogP contribution in [0.1, 0.15) is 12.8 Å². The molecule has 0 aliphatic rings. The molecule has 0 rings (SSSR count). The maximum absolute atomic E-state index is 6.12. The third kappa shape index (κ3) is 8.50. The quantitative estimate of drug-likeness (QED) is 0.395. The van der Waals surface area contributed by atoms with Gasteiger partial charge in [-0.1, -0.05) is 36.5 Å². The molecule has 0 aromatic heterocycles. The average molecular weight is 318 g/mol. The summed E-state index contributed by atoms with van der Waals surface area (Å²) in [5, 5.41) is 0. The third-order valence-corrected chi connectivity index (χ3v) is 3.17. The van der Waals surface area contributed by atoms with Gasteiger partial charge in [0.25, 0.3) is 0 Å². The first kappa shape index (κ1) is 21.3. The summed E-state index contributed by atoms with van der Waals surface area (Å²) in [6.45, 7) is 23.4. The number of hydrogen-bond acceptors (Lipinski definition) is 3. The summed E-state index contributed by atoms with van der Waals surface area (Å²) in [4.78, 5) is 0. The first-order valence-electron chi connectivity index (χ1n) is 7.75. The molecule has 0 bridgehead atoms. The van der Waals surface area contributed by atoms with Crippen LogP contribution in [0.3, 0.4) is 0 Å². The van der Waals surface area contributed by atoms with Gasteiger partial charge in [-0.05, 0) is 12.8 Å². The number of rotatable bonds is 16. The van der Waals surface area contributed by atoms with E-state index in [2.05, 4.69) is 39.5 Å². The van der Waals surface area contributed by atoms with Crippen molar-refractivity contribution in [1.29, 1.82) is 0 Å². The van der Waals surface area contributed by atoms with Crippen molar-refractivity contribution in [1.82, 2.24) is 0 Å². The molecular weight excluding hydrogens is 288 g/mol. The van der Waals surface area contributed by atoms with Crippen molar-refractivity contribution >= 4 is 0 Å². The Morgan fingerprint density at radius 3 is 1.26 bits per heavy atom. The van der Waals surface area contributed by atoms with Gasteiger partial charge in [0.15, 0.2) is 0 Å². The molecule has 4 atom stereocenters. The molecule has 0 spiro atoms. The molecule has 3 heteroatoms. The van der Waals surface area contributed by atoms with Gasteiger partial charge < -0.3 is 14.2 Å². The molecule has 0 heterocycles. The molecule has 3 nitrogen and oxygen atoms in total. The van der Waals surface area contributed by atoms with Crippen molar-refractivity contribution < 1.29 is 14.2 Å². The highest BCUT2D eigenvalue weighted by Crippen LogP contribution is 2.18. The number of hydrogen-bond donors (Lipinski definition) is 0. The van der Waals surface area contributed by atoms with Gasteiger partial charge in [0.2, 0.25) is 0 Å². The van der Waals surface area contributed by atoms with Crippen LogP contribution in [0.15, 0.2) is 75.9 Å². The molecule has 0 aromatic rings. The third-order valence-electron chi connectivity index (χ3n) is 3.17. The Labute approximate surface area is 141 Å². The molecule has 0 N–H and O–H groups in total. The van der Waals surface area contributed by atoms with Crippen molar-refractivity contribution in [2.75, 3.05) is 13.2 Å². The normalized spacial score (nSPS) is 15.7. The van der Waals surface area contributed by atoms with Crippen LogP contribution in [0, 0.1) is 0 Å². The van der Waals surface area contributed by atoms with E-state index < -0.39 is 0 Å². The largest absolute Gasteiger partial charge is 0.371 e. The Balaban J connectivity index is 5.01. The van der Waals surface area contributed by atoms with E-state index in [9.17, 15) is 0 Å². The molecule has 0 aromatic carbocycles. The van der Waals surface area contributed by atoms with Crippen molar-refractivity contribution in [3.63, 3.8) is 0 Å². The number of ether oxygens (including phenoxy) is 3. The van der Waals surface area contributed by atoms with Crippen LogP contribution in [0.5, 0.6) is 0 Å². The van der Waals surface area contributed by atoms with E-state index >= 15 is 0 Å². The maximum atomic E-state index is 6.12. The van der Waals surface area contributed by atoms with E-state index in [0.29, 0.717) is 26.1 Å². The van der Waals surface area contributed by atoms with Gasteiger partial charge in [-0.3, -0.25) is 0 Å². The van der Waals surface area contributed by atoms with Crippen LogP contribution >= 0.6 is 0 Å². The fourth-order valence-corrected chi connectivity index (χ4v) is 2.08. The summed E-state index contributed by atoms with van der Waals surface area (Å²) in [6.07, 6.45) is 10.8. The van der Waals surface area contributed by atoms with E-state index in [1.165, 1.54) is 0 Å². The lowest BCUT2D eigenvalue weighted by atomic mass is 10.1. The summed E-state index contributed by atoms with van der Waals surface area (Å²) in [5.74, 6) is 0. The lowest BCUT2D eigenvalue weighted by molar-refractivity contribution is -0.103. The Bertz CT molecular complexity index is 350. The predicted molar refractivity (Wildman–Crippen MR) is 98.6 cm³/mol. The first-order chi connectivity index (χ1) is 11.2. The van der Waals surface area contributed by atoms with E-state index in [4.69, 9.17) is 14.2 Å². The zero-order chi connectivity index (χ0) is 17.5. The lowest BCUT2D eigenvalue weighted by Gasteiger charge is -2.31. The second-order valence-electron chi connectivity index (χ2n) is 4.91. The minimum Gasteiger partial charge on any atom is -0.371 e. The van der Waals surface area contributed by atoms with Crippen LogP contribution in [0.2, 0.25) is 0 Å². The Morgan fingerprint density at radius 1 is 0.609 bits per heavy atom. The smallest absolute Gasteiger partial charge is 0.103 e. The first-order valence-corrected chi connectivity index (χ1v) is 7.75. The van der Waals surface area contributed by atoms with E-state index in [0.717, 1.165) is 0 Å². The molecule has 0 saturated carbocycles. The van der Waals surface area contributed by atoms with Gasteiger partial charge in [-0.25, -0.2) is 0 Å². The fourth-order valence-electron chi connectivity index (χ4n) is 2.08. The SMILES string of the molecule is C=CCO[C@@H](CC=C)C(C=C)O[C@H](C=C)[C@H](CC=C)OCC=C. The average Bonchev–Trinajstić information content (AvgIpc) is 2.57. The molecule has 0 aliphatic carbocycles. The summed E-state index contributed by atoms with van der Waals surface area (Å²) in [5.41, 5.74) is 0. The van der Waals surface area contributed by atoms with Crippen molar-refractivity contribution in [3.05, 3.63) is 75.9 Å². The maximum Gasteiger partial charge on any atom is 0.103 e.